The molecule has 0 heterocycles. The van der Waals surface area contributed by atoms with Crippen LogP contribution < -0.4 is 5.73 Å². The van der Waals surface area contributed by atoms with Crippen LogP contribution in [-0.2, 0) is 4.79 Å². The van der Waals surface area contributed by atoms with Crippen LogP contribution >= 0.6 is 0 Å². The van der Waals surface area contributed by atoms with Gasteiger partial charge in [-0.1, -0.05) is 32.6 Å². The molecule has 1 aliphatic carbocycles. The molecule has 4 nitrogen and oxygen atoms in total. The highest BCUT2D eigenvalue weighted by atomic mass is 16.3. The van der Waals surface area contributed by atoms with Gasteiger partial charge in [-0.05, 0) is 31.7 Å². The number of aliphatic hydroxyl groups excluding tert-OH is 1. The Morgan fingerprint density at radius 3 is 2.68 bits per heavy atom. The zero-order chi connectivity index (χ0) is 14.1. The first kappa shape index (κ1) is 16.4. The van der Waals surface area contributed by atoms with Crippen molar-refractivity contribution in [2.45, 2.75) is 51.9 Å². The number of nitrogens with two attached hydrogens (primary N) is 1. The lowest BCUT2D eigenvalue weighted by Crippen LogP contribution is -2.41. The van der Waals surface area contributed by atoms with Crippen LogP contribution in [0.5, 0.6) is 0 Å². The highest BCUT2D eigenvalue weighted by molar-refractivity contribution is 5.79. The topological polar surface area (TPSA) is 66.6 Å². The van der Waals surface area contributed by atoms with E-state index in [2.05, 4.69) is 6.92 Å². The molecule has 19 heavy (non-hydrogen) atoms. The lowest BCUT2D eigenvalue weighted by molar-refractivity contribution is -0.137. The molecule has 1 aliphatic rings. The second-order valence-corrected chi connectivity index (χ2v) is 5.64. The minimum Gasteiger partial charge on any atom is -0.395 e. The molecule has 0 spiro atoms. The first-order valence-corrected chi connectivity index (χ1v) is 7.84. The fraction of sp³-hybridized carbons (Fsp3) is 0.933. The molecule has 0 aromatic heterocycles. The maximum absolute atomic E-state index is 12.5. The van der Waals surface area contributed by atoms with Crippen molar-refractivity contribution in [1.29, 1.82) is 0 Å². The summed E-state index contributed by atoms with van der Waals surface area (Å²) in [6.45, 7) is 4.10. The van der Waals surface area contributed by atoms with E-state index in [1.54, 1.807) is 0 Å². The van der Waals surface area contributed by atoms with Crippen molar-refractivity contribution >= 4 is 5.91 Å². The van der Waals surface area contributed by atoms with E-state index in [0.717, 1.165) is 38.6 Å². The molecule has 4 heteroatoms. The van der Waals surface area contributed by atoms with Gasteiger partial charge in [0, 0.05) is 19.0 Å². The van der Waals surface area contributed by atoms with Gasteiger partial charge in [0.1, 0.15) is 0 Å². The van der Waals surface area contributed by atoms with Crippen LogP contribution in [0, 0.1) is 11.8 Å². The number of unbranched alkanes of at least 4 members (excludes halogenated alkanes) is 3. The molecule has 1 amide bonds. The van der Waals surface area contributed by atoms with E-state index >= 15 is 0 Å². The molecule has 1 rings (SSSR count). The summed E-state index contributed by atoms with van der Waals surface area (Å²) in [5.41, 5.74) is 5.76. The Balaban J connectivity index is 2.46. The van der Waals surface area contributed by atoms with Gasteiger partial charge >= 0.3 is 0 Å². The van der Waals surface area contributed by atoms with E-state index < -0.39 is 0 Å². The third kappa shape index (κ3) is 5.11. The van der Waals surface area contributed by atoms with Crippen LogP contribution in [0.15, 0.2) is 0 Å². The Hall–Kier alpha value is -0.610. The van der Waals surface area contributed by atoms with E-state index in [0.29, 0.717) is 19.0 Å². The quantitative estimate of drug-likeness (QED) is 0.627. The van der Waals surface area contributed by atoms with E-state index in [1.165, 1.54) is 12.8 Å². The van der Waals surface area contributed by atoms with E-state index in [1.807, 2.05) is 4.90 Å². The van der Waals surface area contributed by atoms with Gasteiger partial charge in [0.2, 0.25) is 5.91 Å². The average molecular weight is 270 g/mol. The van der Waals surface area contributed by atoms with Gasteiger partial charge in [-0.3, -0.25) is 4.79 Å². The number of carbonyl (C=O) groups excluding carboxylic acids is 1. The Labute approximate surface area is 117 Å². The lowest BCUT2D eigenvalue weighted by atomic mass is 9.94. The number of rotatable bonds is 9. The number of carbonyl (C=O) groups is 1. The molecule has 0 saturated heterocycles. The Morgan fingerprint density at radius 1 is 1.26 bits per heavy atom. The van der Waals surface area contributed by atoms with E-state index in [4.69, 9.17) is 10.8 Å². The number of hydrogen-bond acceptors (Lipinski definition) is 3. The molecule has 0 aromatic rings. The van der Waals surface area contributed by atoms with Gasteiger partial charge in [-0.2, -0.15) is 0 Å². The van der Waals surface area contributed by atoms with Crippen molar-refractivity contribution in [2.75, 3.05) is 26.2 Å². The van der Waals surface area contributed by atoms with Gasteiger partial charge in [0.25, 0.3) is 0 Å². The molecular weight excluding hydrogens is 240 g/mol. The van der Waals surface area contributed by atoms with Crippen LogP contribution in [0.2, 0.25) is 0 Å². The highest BCUT2D eigenvalue weighted by Gasteiger charge is 2.34. The second-order valence-electron chi connectivity index (χ2n) is 5.64. The monoisotopic (exact) mass is 270 g/mol. The predicted molar refractivity (Wildman–Crippen MR) is 77.7 cm³/mol. The molecule has 2 unspecified atom stereocenters. The molecule has 0 aromatic carbocycles. The maximum atomic E-state index is 12.5. The summed E-state index contributed by atoms with van der Waals surface area (Å²) >= 11 is 0. The third-order valence-electron chi connectivity index (χ3n) is 4.24. The number of hydrogen-bond donors (Lipinski definition) is 2. The lowest BCUT2D eigenvalue weighted by Gasteiger charge is -2.27. The summed E-state index contributed by atoms with van der Waals surface area (Å²) in [6.07, 6.45) is 7.78. The number of aliphatic hydroxyl groups is 1. The summed E-state index contributed by atoms with van der Waals surface area (Å²) in [5, 5.41) is 9.14. The maximum Gasteiger partial charge on any atom is 0.226 e. The van der Waals surface area contributed by atoms with Crippen molar-refractivity contribution < 1.29 is 9.90 Å². The minimum absolute atomic E-state index is 0.0551. The van der Waals surface area contributed by atoms with Gasteiger partial charge in [0.05, 0.1) is 6.61 Å². The molecule has 1 fully saturated rings. The fourth-order valence-corrected chi connectivity index (χ4v) is 3.06. The molecule has 112 valence electrons. The second kappa shape index (κ2) is 9.32. The molecule has 0 radical (unpaired) electrons. The van der Waals surface area contributed by atoms with Crippen LogP contribution in [0.25, 0.3) is 0 Å². The van der Waals surface area contributed by atoms with Crippen LogP contribution in [0.1, 0.15) is 51.9 Å². The first-order chi connectivity index (χ1) is 9.24. The van der Waals surface area contributed by atoms with Gasteiger partial charge in [0.15, 0.2) is 0 Å². The van der Waals surface area contributed by atoms with E-state index in [-0.39, 0.29) is 18.4 Å². The van der Waals surface area contributed by atoms with Crippen LogP contribution in [0.3, 0.4) is 0 Å². The van der Waals surface area contributed by atoms with Gasteiger partial charge in [-0.25, -0.2) is 0 Å². The third-order valence-corrected chi connectivity index (χ3v) is 4.24. The molecule has 2 atom stereocenters. The molecule has 0 aliphatic heterocycles. The number of amides is 1. The molecule has 1 saturated carbocycles. The fourth-order valence-electron chi connectivity index (χ4n) is 3.06. The smallest absolute Gasteiger partial charge is 0.226 e. The van der Waals surface area contributed by atoms with Crippen molar-refractivity contribution in [3.05, 3.63) is 0 Å². The minimum atomic E-state index is 0.0551. The van der Waals surface area contributed by atoms with Gasteiger partial charge < -0.3 is 15.7 Å². The summed E-state index contributed by atoms with van der Waals surface area (Å²) in [6, 6.07) is 0. The van der Waals surface area contributed by atoms with Crippen molar-refractivity contribution in [3.63, 3.8) is 0 Å². The molecular formula is C15H30N2O2. The first-order valence-electron chi connectivity index (χ1n) is 7.84. The Bertz CT molecular complexity index is 259. The standard InChI is InChI=1S/C15H30N2O2/c1-2-3-4-5-9-17(10-11-18)15(19)14-8-6-7-13(14)12-16/h13-14,18H,2-12,16H2,1H3. The molecule has 3 N–H and O–H groups in total. The van der Waals surface area contributed by atoms with Crippen molar-refractivity contribution in [2.24, 2.45) is 17.6 Å². The van der Waals surface area contributed by atoms with Gasteiger partial charge in [-0.15, -0.1) is 0 Å². The highest BCUT2D eigenvalue weighted by Crippen LogP contribution is 2.32. The normalized spacial score (nSPS) is 22.7. The SMILES string of the molecule is CCCCCCN(CCO)C(=O)C1CCCC1CN. The number of nitrogens with zero attached hydrogens (tertiary/aromatic N) is 1. The largest absolute Gasteiger partial charge is 0.395 e. The Morgan fingerprint density at radius 2 is 2.05 bits per heavy atom. The van der Waals surface area contributed by atoms with Crippen LogP contribution in [-0.4, -0.2) is 42.2 Å². The average Bonchev–Trinajstić information content (AvgIpc) is 2.90. The van der Waals surface area contributed by atoms with Crippen molar-refractivity contribution in [1.82, 2.24) is 4.90 Å². The van der Waals surface area contributed by atoms with Crippen LogP contribution in [0.4, 0.5) is 0 Å². The van der Waals surface area contributed by atoms with Crippen molar-refractivity contribution in [3.8, 4) is 0 Å². The van der Waals surface area contributed by atoms with E-state index in [9.17, 15) is 4.79 Å². The summed E-state index contributed by atoms with van der Waals surface area (Å²) in [5.74, 6) is 0.672. The molecule has 0 bridgehead atoms. The summed E-state index contributed by atoms with van der Waals surface area (Å²) in [7, 11) is 0. The summed E-state index contributed by atoms with van der Waals surface area (Å²) in [4.78, 5) is 14.4. The Kier molecular flexibility index (Phi) is 8.07. The predicted octanol–water partition coefficient (Wildman–Crippen LogP) is 1.76. The summed E-state index contributed by atoms with van der Waals surface area (Å²) < 4.78 is 0. The zero-order valence-electron chi connectivity index (χ0n) is 12.3. The zero-order valence-corrected chi connectivity index (χ0v) is 12.3.